The summed E-state index contributed by atoms with van der Waals surface area (Å²) in [5.41, 5.74) is 2.51. The lowest BCUT2D eigenvalue weighted by Crippen LogP contribution is -2.52. The van der Waals surface area contributed by atoms with E-state index < -0.39 is 10.0 Å². The van der Waals surface area contributed by atoms with E-state index in [-0.39, 0.29) is 17.3 Å². The molecule has 3 aromatic carbocycles. The molecule has 1 heterocycles. The van der Waals surface area contributed by atoms with Crippen LogP contribution in [-0.2, 0) is 14.8 Å². The molecule has 1 fully saturated rings. The lowest BCUT2D eigenvalue weighted by molar-refractivity contribution is -0.129. The average Bonchev–Trinajstić information content (AvgIpc) is 2.93. The monoisotopic (exact) mass is 523 g/mol. The van der Waals surface area contributed by atoms with Gasteiger partial charge in [0, 0.05) is 31.9 Å². The Morgan fingerprint density at radius 3 is 2.03 bits per heavy atom. The summed E-state index contributed by atoms with van der Waals surface area (Å²) in [6.07, 6.45) is 0. The minimum absolute atomic E-state index is 0.105. The van der Waals surface area contributed by atoms with Crippen LogP contribution in [0, 0.1) is 6.92 Å². The van der Waals surface area contributed by atoms with Crippen molar-refractivity contribution in [3.63, 3.8) is 0 Å². The van der Waals surface area contributed by atoms with E-state index in [4.69, 9.17) is 9.47 Å². The van der Waals surface area contributed by atoms with E-state index >= 15 is 0 Å². The Morgan fingerprint density at radius 1 is 0.865 bits per heavy atom. The molecule has 0 bridgehead atoms. The van der Waals surface area contributed by atoms with Crippen LogP contribution in [0.4, 0.5) is 11.4 Å². The molecule has 8 nitrogen and oxygen atoms in total. The number of anilines is 2. The number of amides is 1. The number of hydrogen-bond acceptors (Lipinski definition) is 6. The summed E-state index contributed by atoms with van der Waals surface area (Å²) in [6.45, 7) is 6.35. The largest absolute Gasteiger partial charge is 0.497 e. The maximum atomic E-state index is 13.7. The lowest BCUT2D eigenvalue weighted by Gasteiger charge is -2.37. The SMILES string of the molecule is CCOc1ccc(S(=O)(=O)N(CC(=O)N2CCN(c3ccc(OC)cc3)CC2)c2ccc(C)cc2)cc1. The highest BCUT2D eigenvalue weighted by Crippen LogP contribution is 2.26. The van der Waals surface area contributed by atoms with Crippen LogP contribution in [0.25, 0.3) is 0 Å². The molecule has 1 saturated heterocycles. The van der Waals surface area contributed by atoms with Crippen LogP contribution in [0.15, 0.2) is 77.7 Å². The molecule has 0 aromatic heterocycles. The van der Waals surface area contributed by atoms with Gasteiger partial charge in [-0.05, 0) is 74.5 Å². The van der Waals surface area contributed by atoms with E-state index in [1.807, 2.05) is 50.2 Å². The van der Waals surface area contributed by atoms with Crippen molar-refractivity contribution in [2.45, 2.75) is 18.7 Å². The Bertz CT molecular complexity index is 1290. The second-order valence-electron chi connectivity index (χ2n) is 8.82. The Morgan fingerprint density at radius 2 is 1.46 bits per heavy atom. The molecule has 1 aliphatic rings. The number of rotatable bonds is 9. The van der Waals surface area contributed by atoms with Crippen LogP contribution in [0.3, 0.4) is 0 Å². The number of benzene rings is 3. The molecule has 0 unspecified atom stereocenters. The van der Waals surface area contributed by atoms with Gasteiger partial charge in [-0.15, -0.1) is 0 Å². The van der Waals surface area contributed by atoms with Gasteiger partial charge < -0.3 is 19.3 Å². The molecule has 1 amide bonds. The number of ether oxygens (including phenoxy) is 2. The first-order valence-electron chi connectivity index (χ1n) is 12.3. The topological polar surface area (TPSA) is 79.4 Å². The lowest BCUT2D eigenvalue weighted by atomic mass is 10.2. The molecular formula is C28H33N3O5S. The number of carbonyl (C=O) groups excluding carboxylic acids is 1. The fraction of sp³-hybridized carbons (Fsp3) is 0.321. The normalized spacial score (nSPS) is 13.8. The summed E-state index contributed by atoms with van der Waals surface area (Å²) in [6, 6.07) is 21.3. The number of sulfonamides is 1. The van der Waals surface area contributed by atoms with Gasteiger partial charge in [0.25, 0.3) is 10.0 Å². The molecule has 3 aromatic rings. The van der Waals surface area contributed by atoms with E-state index in [0.717, 1.165) is 17.0 Å². The summed E-state index contributed by atoms with van der Waals surface area (Å²) in [7, 11) is -2.35. The number of hydrogen-bond donors (Lipinski definition) is 0. The first-order valence-corrected chi connectivity index (χ1v) is 13.7. The maximum absolute atomic E-state index is 13.7. The molecule has 37 heavy (non-hydrogen) atoms. The van der Waals surface area contributed by atoms with Crippen LogP contribution in [0.5, 0.6) is 11.5 Å². The third kappa shape index (κ3) is 6.17. The van der Waals surface area contributed by atoms with Crippen LogP contribution >= 0.6 is 0 Å². The number of nitrogens with zero attached hydrogens (tertiary/aromatic N) is 3. The molecule has 0 N–H and O–H groups in total. The van der Waals surface area contributed by atoms with Crippen LogP contribution < -0.4 is 18.7 Å². The number of carbonyl (C=O) groups is 1. The number of piperazine rings is 1. The van der Waals surface area contributed by atoms with Crippen molar-refractivity contribution in [1.29, 1.82) is 0 Å². The van der Waals surface area contributed by atoms with Crippen molar-refractivity contribution >= 4 is 27.3 Å². The van der Waals surface area contributed by atoms with Crippen LogP contribution in [0.1, 0.15) is 12.5 Å². The molecular weight excluding hydrogens is 490 g/mol. The van der Waals surface area contributed by atoms with Gasteiger partial charge in [0.2, 0.25) is 5.91 Å². The van der Waals surface area contributed by atoms with Crippen molar-refractivity contribution in [3.05, 3.63) is 78.4 Å². The summed E-state index contributed by atoms with van der Waals surface area (Å²) >= 11 is 0. The standard InChI is InChI=1S/C28H33N3O5S/c1-4-36-26-13-15-27(16-14-26)37(33,34)31(24-7-5-22(2)6-8-24)21-28(32)30-19-17-29(18-20-30)23-9-11-25(35-3)12-10-23/h5-16H,4,17-21H2,1-3H3. The predicted molar refractivity (Wildman–Crippen MR) is 145 cm³/mol. The van der Waals surface area contributed by atoms with E-state index in [2.05, 4.69) is 4.90 Å². The summed E-state index contributed by atoms with van der Waals surface area (Å²) in [5, 5.41) is 0. The zero-order valence-corrected chi connectivity index (χ0v) is 22.3. The van der Waals surface area contributed by atoms with Gasteiger partial charge in [-0.1, -0.05) is 17.7 Å². The van der Waals surface area contributed by atoms with Gasteiger partial charge >= 0.3 is 0 Å². The highest BCUT2D eigenvalue weighted by molar-refractivity contribution is 7.92. The molecule has 4 rings (SSSR count). The summed E-state index contributed by atoms with van der Waals surface area (Å²) in [4.78, 5) is 17.4. The van der Waals surface area contributed by atoms with Crippen molar-refractivity contribution in [1.82, 2.24) is 4.90 Å². The smallest absolute Gasteiger partial charge is 0.264 e. The summed E-state index contributed by atoms with van der Waals surface area (Å²) < 4.78 is 39.3. The second-order valence-corrected chi connectivity index (χ2v) is 10.7. The Kier molecular flexibility index (Phi) is 8.23. The molecule has 0 saturated carbocycles. The van der Waals surface area contributed by atoms with Gasteiger partial charge in [0.1, 0.15) is 18.0 Å². The van der Waals surface area contributed by atoms with E-state index in [1.54, 1.807) is 36.3 Å². The van der Waals surface area contributed by atoms with Gasteiger partial charge in [-0.25, -0.2) is 8.42 Å². The minimum atomic E-state index is -3.98. The zero-order valence-electron chi connectivity index (χ0n) is 21.5. The van der Waals surface area contributed by atoms with Crippen molar-refractivity contribution in [2.24, 2.45) is 0 Å². The highest BCUT2D eigenvalue weighted by atomic mass is 32.2. The summed E-state index contributed by atoms with van der Waals surface area (Å²) in [5.74, 6) is 1.15. The van der Waals surface area contributed by atoms with Crippen LogP contribution in [0.2, 0.25) is 0 Å². The minimum Gasteiger partial charge on any atom is -0.497 e. The van der Waals surface area contributed by atoms with Gasteiger partial charge in [-0.2, -0.15) is 0 Å². The fourth-order valence-electron chi connectivity index (χ4n) is 4.26. The van der Waals surface area contributed by atoms with Gasteiger partial charge in [-0.3, -0.25) is 9.10 Å². The Hall–Kier alpha value is -3.72. The molecule has 0 aliphatic carbocycles. The first kappa shape index (κ1) is 26.3. The van der Waals surface area contributed by atoms with Crippen LogP contribution in [-0.4, -0.2) is 65.7 Å². The van der Waals surface area contributed by atoms with E-state index in [1.165, 1.54) is 16.4 Å². The first-order chi connectivity index (χ1) is 17.8. The predicted octanol–water partition coefficient (Wildman–Crippen LogP) is 3.95. The van der Waals surface area contributed by atoms with Gasteiger partial charge in [0.05, 0.1) is 24.3 Å². The molecule has 1 aliphatic heterocycles. The number of methoxy groups -OCH3 is 1. The zero-order chi connectivity index (χ0) is 26.4. The second kappa shape index (κ2) is 11.6. The Labute approximate surface area is 219 Å². The van der Waals surface area contributed by atoms with E-state index in [0.29, 0.717) is 44.2 Å². The van der Waals surface area contributed by atoms with Crippen molar-refractivity contribution in [2.75, 3.05) is 55.6 Å². The Balaban J connectivity index is 1.50. The third-order valence-electron chi connectivity index (χ3n) is 6.39. The van der Waals surface area contributed by atoms with Crippen molar-refractivity contribution < 1.29 is 22.7 Å². The third-order valence-corrected chi connectivity index (χ3v) is 8.18. The average molecular weight is 524 g/mol. The van der Waals surface area contributed by atoms with E-state index in [9.17, 15) is 13.2 Å². The van der Waals surface area contributed by atoms with Crippen molar-refractivity contribution in [3.8, 4) is 11.5 Å². The molecule has 196 valence electrons. The number of aryl methyl sites for hydroxylation is 1. The molecule has 0 spiro atoms. The quantitative estimate of drug-likeness (QED) is 0.423. The molecule has 0 atom stereocenters. The maximum Gasteiger partial charge on any atom is 0.264 e. The fourth-order valence-corrected chi connectivity index (χ4v) is 5.67. The highest BCUT2D eigenvalue weighted by Gasteiger charge is 2.30. The molecule has 9 heteroatoms. The van der Waals surface area contributed by atoms with Gasteiger partial charge in [0.15, 0.2) is 0 Å². The molecule has 0 radical (unpaired) electrons.